The first-order valence-electron chi connectivity index (χ1n) is 6.17. The maximum absolute atomic E-state index is 5.87. The summed E-state index contributed by atoms with van der Waals surface area (Å²) in [6, 6.07) is 8.75. The molecule has 92 valence electrons. The Morgan fingerprint density at radius 2 is 1.94 bits per heavy atom. The summed E-state index contributed by atoms with van der Waals surface area (Å²) >= 11 is 5.87. The first-order valence-corrected chi connectivity index (χ1v) is 6.70. The number of aromatic nitrogens is 2. The molecule has 0 aliphatic heterocycles. The number of rotatable bonds is 4. The Balaban J connectivity index is 2.59. The predicted molar refractivity (Wildman–Crippen MR) is 73.7 cm³/mol. The van der Waals surface area contributed by atoms with Crippen LogP contribution in [0.4, 0.5) is 0 Å². The second kappa shape index (κ2) is 5.09. The molecule has 0 radical (unpaired) electrons. The van der Waals surface area contributed by atoms with E-state index >= 15 is 0 Å². The van der Waals surface area contributed by atoms with Gasteiger partial charge in [0.05, 0.1) is 11.0 Å². The molecule has 0 saturated heterocycles. The van der Waals surface area contributed by atoms with E-state index in [-0.39, 0.29) is 0 Å². The summed E-state index contributed by atoms with van der Waals surface area (Å²) in [5.41, 5.74) is 2.29. The first kappa shape index (κ1) is 12.4. The molecule has 0 amide bonds. The first-order chi connectivity index (χ1) is 8.15. The molecule has 0 fully saturated rings. The van der Waals surface area contributed by atoms with Crippen molar-refractivity contribution in [2.75, 3.05) is 5.88 Å². The summed E-state index contributed by atoms with van der Waals surface area (Å²) in [5.74, 6) is 2.30. The molecule has 0 aliphatic rings. The normalized spacial score (nSPS) is 13.5. The van der Waals surface area contributed by atoms with Gasteiger partial charge in [-0.2, -0.15) is 0 Å². The van der Waals surface area contributed by atoms with Crippen LogP contribution in [0.15, 0.2) is 24.3 Å². The highest BCUT2D eigenvalue weighted by molar-refractivity contribution is 6.17. The standard InChI is InChI=1S/C14H19ClN2/c1-10(2)11(3)17-13-7-5-4-6-12(13)16-14(17)8-9-15/h4-7,10-11H,8-9H2,1-3H3. The van der Waals surface area contributed by atoms with Crippen LogP contribution in [0.1, 0.15) is 32.6 Å². The Kier molecular flexibility index (Phi) is 3.72. The molecule has 0 N–H and O–H groups in total. The maximum Gasteiger partial charge on any atom is 0.111 e. The topological polar surface area (TPSA) is 17.8 Å². The lowest BCUT2D eigenvalue weighted by Crippen LogP contribution is -2.14. The zero-order valence-electron chi connectivity index (χ0n) is 10.7. The number of alkyl halides is 1. The van der Waals surface area contributed by atoms with Gasteiger partial charge in [0.25, 0.3) is 0 Å². The number of aryl methyl sites for hydroxylation is 1. The van der Waals surface area contributed by atoms with Crippen molar-refractivity contribution in [2.45, 2.75) is 33.2 Å². The largest absolute Gasteiger partial charge is 0.325 e. The molecule has 0 aliphatic carbocycles. The monoisotopic (exact) mass is 250 g/mol. The lowest BCUT2D eigenvalue weighted by molar-refractivity contribution is 0.407. The van der Waals surface area contributed by atoms with E-state index in [0.29, 0.717) is 17.8 Å². The van der Waals surface area contributed by atoms with Crippen LogP contribution in [0.5, 0.6) is 0 Å². The molecule has 2 nitrogen and oxygen atoms in total. The minimum absolute atomic E-state index is 0.445. The number of hydrogen-bond acceptors (Lipinski definition) is 1. The third-order valence-corrected chi connectivity index (χ3v) is 3.55. The molecule has 1 aromatic heterocycles. The summed E-state index contributed by atoms with van der Waals surface area (Å²) in [6.07, 6.45) is 0.827. The highest BCUT2D eigenvalue weighted by Crippen LogP contribution is 2.26. The van der Waals surface area contributed by atoms with Gasteiger partial charge in [0, 0.05) is 18.3 Å². The molecular weight excluding hydrogens is 232 g/mol. The van der Waals surface area contributed by atoms with Crippen LogP contribution in [0.3, 0.4) is 0 Å². The molecule has 2 aromatic rings. The van der Waals surface area contributed by atoms with E-state index in [1.807, 2.05) is 6.07 Å². The van der Waals surface area contributed by atoms with Crippen LogP contribution in [0, 0.1) is 5.92 Å². The van der Waals surface area contributed by atoms with Crippen molar-refractivity contribution in [1.82, 2.24) is 9.55 Å². The van der Waals surface area contributed by atoms with Gasteiger partial charge in [-0.25, -0.2) is 4.98 Å². The van der Waals surface area contributed by atoms with Crippen molar-refractivity contribution in [1.29, 1.82) is 0 Å². The Morgan fingerprint density at radius 3 is 2.59 bits per heavy atom. The molecule has 1 heterocycles. The van der Waals surface area contributed by atoms with Gasteiger partial charge < -0.3 is 4.57 Å². The summed E-state index contributed by atoms with van der Waals surface area (Å²) in [4.78, 5) is 4.68. The van der Waals surface area contributed by atoms with Crippen molar-refractivity contribution >= 4 is 22.6 Å². The van der Waals surface area contributed by atoms with Crippen molar-refractivity contribution in [3.8, 4) is 0 Å². The van der Waals surface area contributed by atoms with Crippen LogP contribution in [-0.4, -0.2) is 15.4 Å². The fourth-order valence-electron chi connectivity index (χ4n) is 2.11. The summed E-state index contributed by atoms with van der Waals surface area (Å²) in [6.45, 7) is 6.73. The second-order valence-electron chi connectivity index (χ2n) is 4.81. The second-order valence-corrected chi connectivity index (χ2v) is 5.19. The van der Waals surface area contributed by atoms with Gasteiger partial charge in [-0.05, 0) is 25.0 Å². The molecule has 0 bridgehead atoms. The minimum Gasteiger partial charge on any atom is -0.325 e. The van der Waals surface area contributed by atoms with E-state index in [0.717, 1.165) is 17.8 Å². The zero-order chi connectivity index (χ0) is 12.4. The summed E-state index contributed by atoms with van der Waals surface area (Å²) in [5, 5.41) is 0. The molecule has 3 heteroatoms. The highest BCUT2D eigenvalue weighted by atomic mass is 35.5. The van der Waals surface area contributed by atoms with Crippen molar-refractivity contribution in [3.05, 3.63) is 30.1 Å². The highest BCUT2D eigenvalue weighted by Gasteiger charge is 2.17. The Morgan fingerprint density at radius 1 is 1.24 bits per heavy atom. The molecule has 1 aromatic carbocycles. The van der Waals surface area contributed by atoms with E-state index in [9.17, 15) is 0 Å². The van der Waals surface area contributed by atoms with E-state index < -0.39 is 0 Å². The fourth-order valence-corrected chi connectivity index (χ4v) is 2.28. The Hall–Kier alpha value is -1.02. The van der Waals surface area contributed by atoms with E-state index in [4.69, 9.17) is 11.6 Å². The van der Waals surface area contributed by atoms with Crippen LogP contribution in [-0.2, 0) is 6.42 Å². The number of para-hydroxylation sites is 2. The summed E-state index contributed by atoms with van der Waals surface area (Å²) < 4.78 is 2.34. The number of fused-ring (bicyclic) bond motifs is 1. The van der Waals surface area contributed by atoms with E-state index in [1.165, 1.54) is 5.52 Å². The molecule has 17 heavy (non-hydrogen) atoms. The van der Waals surface area contributed by atoms with Gasteiger partial charge >= 0.3 is 0 Å². The van der Waals surface area contributed by atoms with Gasteiger partial charge in [0.15, 0.2) is 0 Å². The zero-order valence-corrected chi connectivity index (χ0v) is 11.4. The number of benzene rings is 1. The Bertz CT molecular complexity index is 502. The lowest BCUT2D eigenvalue weighted by Gasteiger charge is -2.21. The quantitative estimate of drug-likeness (QED) is 0.749. The number of imidazole rings is 1. The van der Waals surface area contributed by atoms with Gasteiger partial charge in [0.2, 0.25) is 0 Å². The van der Waals surface area contributed by atoms with E-state index in [1.54, 1.807) is 0 Å². The maximum atomic E-state index is 5.87. The van der Waals surface area contributed by atoms with Gasteiger partial charge in [-0.3, -0.25) is 0 Å². The van der Waals surface area contributed by atoms with Crippen LogP contribution in [0.2, 0.25) is 0 Å². The van der Waals surface area contributed by atoms with Crippen molar-refractivity contribution in [2.24, 2.45) is 5.92 Å². The molecule has 0 spiro atoms. The number of nitrogens with zero attached hydrogens (tertiary/aromatic N) is 2. The van der Waals surface area contributed by atoms with Gasteiger partial charge in [-0.1, -0.05) is 26.0 Å². The molecule has 1 unspecified atom stereocenters. The van der Waals surface area contributed by atoms with Gasteiger partial charge in [-0.15, -0.1) is 11.6 Å². The fraction of sp³-hybridized carbons (Fsp3) is 0.500. The molecule has 0 saturated carbocycles. The van der Waals surface area contributed by atoms with Crippen molar-refractivity contribution in [3.63, 3.8) is 0 Å². The average Bonchev–Trinajstić information content (AvgIpc) is 2.66. The third kappa shape index (κ3) is 2.32. The van der Waals surface area contributed by atoms with Crippen molar-refractivity contribution < 1.29 is 0 Å². The molecular formula is C14H19ClN2. The summed E-state index contributed by atoms with van der Waals surface area (Å²) in [7, 11) is 0. The number of halogens is 1. The third-order valence-electron chi connectivity index (χ3n) is 3.36. The Labute approximate surface area is 108 Å². The minimum atomic E-state index is 0.445. The van der Waals surface area contributed by atoms with E-state index in [2.05, 4.69) is 48.5 Å². The lowest BCUT2D eigenvalue weighted by atomic mass is 10.1. The molecule has 2 rings (SSSR count). The average molecular weight is 251 g/mol. The van der Waals surface area contributed by atoms with Crippen LogP contribution in [0.25, 0.3) is 11.0 Å². The smallest absolute Gasteiger partial charge is 0.111 e. The van der Waals surface area contributed by atoms with Crippen LogP contribution < -0.4 is 0 Å². The van der Waals surface area contributed by atoms with Crippen LogP contribution >= 0.6 is 11.6 Å². The SMILES string of the molecule is CC(C)C(C)n1c(CCCl)nc2ccccc21. The predicted octanol–water partition coefficient (Wildman–Crippen LogP) is 4.03. The molecule has 1 atom stereocenters. The number of hydrogen-bond donors (Lipinski definition) is 0. The van der Waals surface area contributed by atoms with Gasteiger partial charge in [0.1, 0.15) is 5.82 Å².